The maximum absolute atomic E-state index is 13.3. The first-order valence-corrected chi connectivity index (χ1v) is 5.73. The molecule has 17 heavy (non-hydrogen) atoms. The van der Waals surface area contributed by atoms with Gasteiger partial charge in [-0.15, -0.1) is 0 Å². The van der Waals surface area contributed by atoms with Crippen molar-refractivity contribution >= 4 is 21.9 Å². The van der Waals surface area contributed by atoms with Crippen LogP contribution in [0, 0.1) is 11.2 Å². The molecule has 0 aliphatic carbocycles. The van der Waals surface area contributed by atoms with Gasteiger partial charge in [-0.05, 0) is 35.8 Å². The van der Waals surface area contributed by atoms with E-state index in [1.165, 1.54) is 12.3 Å². The summed E-state index contributed by atoms with van der Waals surface area (Å²) in [6.07, 6.45) is 1.46. The van der Waals surface area contributed by atoms with E-state index in [9.17, 15) is 9.18 Å². The zero-order valence-corrected chi connectivity index (χ0v) is 11.1. The molecule has 0 atom stereocenters. The smallest absolute Gasteiger partial charge is 0.311 e. The number of hydrogen-bond acceptors (Lipinski definition) is 3. The van der Waals surface area contributed by atoms with Gasteiger partial charge in [0.25, 0.3) is 0 Å². The summed E-state index contributed by atoms with van der Waals surface area (Å²) in [5.41, 5.74) is -0.833. The van der Waals surface area contributed by atoms with Crippen LogP contribution in [-0.2, 0) is 16.1 Å². The van der Waals surface area contributed by atoms with Crippen LogP contribution in [0.15, 0.2) is 16.7 Å². The van der Waals surface area contributed by atoms with E-state index >= 15 is 0 Å². The van der Waals surface area contributed by atoms with Crippen LogP contribution in [0.3, 0.4) is 0 Å². The van der Waals surface area contributed by atoms with Crippen LogP contribution < -0.4 is 0 Å². The molecular weight excluding hydrogens is 293 g/mol. The molecule has 0 fully saturated rings. The fourth-order valence-corrected chi connectivity index (χ4v) is 1.32. The van der Waals surface area contributed by atoms with E-state index in [2.05, 4.69) is 20.9 Å². The molecule has 1 N–H and O–H groups in total. The Balaban J connectivity index is 2.54. The molecule has 6 heteroatoms. The first-order valence-electron chi connectivity index (χ1n) is 4.94. The molecule has 1 heterocycles. The van der Waals surface area contributed by atoms with E-state index in [0.717, 1.165) is 0 Å². The van der Waals surface area contributed by atoms with Crippen molar-refractivity contribution in [2.45, 2.75) is 20.5 Å². The molecule has 4 nitrogen and oxygen atoms in total. The lowest BCUT2D eigenvalue weighted by Gasteiger charge is -2.18. The van der Waals surface area contributed by atoms with Crippen molar-refractivity contribution in [3.05, 3.63) is 28.2 Å². The summed E-state index contributed by atoms with van der Waals surface area (Å²) in [5, 5.41) is 8.85. The van der Waals surface area contributed by atoms with Gasteiger partial charge in [0.15, 0.2) is 0 Å². The van der Waals surface area contributed by atoms with E-state index in [0.29, 0.717) is 4.47 Å². The molecule has 0 bridgehead atoms. The number of carboxylic acids is 1. The quantitative estimate of drug-likeness (QED) is 0.908. The second kappa shape index (κ2) is 5.55. The van der Waals surface area contributed by atoms with Gasteiger partial charge in [0.1, 0.15) is 11.5 Å². The van der Waals surface area contributed by atoms with E-state index in [1.54, 1.807) is 13.8 Å². The highest BCUT2D eigenvalue weighted by molar-refractivity contribution is 9.10. The zero-order valence-electron chi connectivity index (χ0n) is 9.54. The first-order chi connectivity index (χ1) is 7.83. The second-order valence-corrected chi connectivity index (χ2v) is 5.18. The molecule has 0 spiro atoms. The Bertz CT molecular complexity index is 423. The van der Waals surface area contributed by atoms with Crippen molar-refractivity contribution in [3.63, 3.8) is 0 Å². The molecule has 0 amide bonds. The van der Waals surface area contributed by atoms with Gasteiger partial charge in [-0.25, -0.2) is 4.39 Å². The van der Waals surface area contributed by atoms with Gasteiger partial charge >= 0.3 is 5.97 Å². The molecular formula is C11H13BrFNO3. The van der Waals surface area contributed by atoms with Crippen LogP contribution >= 0.6 is 15.9 Å². The SMILES string of the molecule is CC(C)(COCc1ncc(Br)cc1F)C(=O)O. The standard InChI is InChI=1S/C11H13BrFNO3/c1-11(2,10(15)16)6-17-5-9-8(13)3-7(12)4-14-9/h3-4H,5-6H2,1-2H3,(H,15,16). The minimum Gasteiger partial charge on any atom is -0.481 e. The van der Waals surface area contributed by atoms with Crippen LogP contribution in [-0.4, -0.2) is 22.7 Å². The number of aliphatic carboxylic acids is 1. The Morgan fingerprint density at radius 1 is 1.65 bits per heavy atom. The molecule has 0 aromatic carbocycles. The van der Waals surface area contributed by atoms with Crippen molar-refractivity contribution in [1.29, 1.82) is 0 Å². The lowest BCUT2D eigenvalue weighted by Crippen LogP contribution is -2.29. The number of nitrogens with zero attached hydrogens (tertiary/aromatic N) is 1. The Morgan fingerprint density at radius 3 is 2.82 bits per heavy atom. The van der Waals surface area contributed by atoms with Crippen molar-refractivity contribution in [2.24, 2.45) is 5.41 Å². The normalized spacial score (nSPS) is 11.5. The highest BCUT2D eigenvalue weighted by Gasteiger charge is 2.27. The molecule has 1 aromatic rings. The van der Waals surface area contributed by atoms with Gasteiger partial charge in [0.05, 0.1) is 18.6 Å². The fourth-order valence-electron chi connectivity index (χ4n) is 1.01. The third-order valence-corrected chi connectivity index (χ3v) is 2.60. The summed E-state index contributed by atoms with van der Waals surface area (Å²) in [7, 11) is 0. The minimum atomic E-state index is -0.994. The van der Waals surface area contributed by atoms with E-state index in [1.807, 2.05) is 0 Å². The van der Waals surface area contributed by atoms with Gasteiger partial charge in [0, 0.05) is 10.7 Å². The largest absolute Gasteiger partial charge is 0.481 e. The number of hydrogen-bond donors (Lipinski definition) is 1. The molecule has 1 rings (SSSR count). The average molecular weight is 306 g/mol. The Hall–Kier alpha value is -1.01. The third-order valence-electron chi connectivity index (χ3n) is 2.16. The maximum Gasteiger partial charge on any atom is 0.311 e. The average Bonchev–Trinajstić information content (AvgIpc) is 2.21. The van der Waals surface area contributed by atoms with Crippen LogP contribution in [0.4, 0.5) is 4.39 Å². The lowest BCUT2D eigenvalue weighted by molar-refractivity contribution is -0.150. The van der Waals surface area contributed by atoms with Crippen molar-refractivity contribution in [1.82, 2.24) is 4.98 Å². The Kier molecular flexibility index (Phi) is 4.59. The van der Waals surface area contributed by atoms with Gasteiger partial charge in [-0.3, -0.25) is 9.78 Å². The predicted octanol–water partition coefficient (Wildman–Crippen LogP) is 2.61. The molecule has 1 aromatic heterocycles. The van der Waals surface area contributed by atoms with Crippen molar-refractivity contribution in [2.75, 3.05) is 6.61 Å². The lowest BCUT2D eigenvalue weighted by atomic mass is 9.95. The highest BCUT2D eigenvalue weighted by Crippen LogP contribution is 2.17. The molecule has 0 saturated carbocycles. The summed E-state index contributed by atoms with van der Waals surface area (Å²) in [5.74, 6) is -1.44. The predicted molar refractivity (Wildman–Crippen MR) is 63.0 cm³/mol. The summed E-state index contributed by atoms with van der Waals surface area (Å²) >= 11 is 3.09. The van der Waals surface area contributed by atoms with Crippen LogP contribution in [0.5, 0.6) is 0 Å². The number of carbonyl (C=O) groups is 1. The number of ether oxygens (including phenoxy) is 1. The maximum atomic E-state index is 13.3. The van der Waals surface area contributed by atoms with Gasteiger partial charge in [0.2, 0.25) is 0 Å². The third kappa shape index (κ3) is 4.05. The van der Waals surface area contributed by atoms with E-state index in [-0.39, 0.29) is 18.9 Å². The molecule has 94 valence electrons. The highest BCUT2D eigenvalue weighted by atomic mass is 79.9. The van der Waals surface area contributed by atoms with Crippen LogP contribution in [0.1, 0.15) is 19.5 Å². The molecule has 0 saturated heterocycles. The molecule has 0 unspecified atom stereocenters. The number of rotatable bonds is 5. The summed E-state index contributed by atoms with van der Waals surface area (Å²) in [6, 6.07) is 1.29. The van der Waals surface area contributed by atoms with Gasteiger partial charge in [-0.2, -0.15) is 0 Å². The minimum absolute atomic E-state index is 0.000479. The monoisotopic (exact) mass is 305 g/mol. The van der Waals surface area contributed by atoms with E-state index < -0.39 is 17.2 Å². The number of pyridine rings is 1. The van der Waals surface area contributed by atoms with Crippen LogP contribution in [0.2, 0.25) is 0 Å². The summed E-state index contributed by atoms with van der Waals surface area (Å²) < 4.78 is 19.1. The fraction of sp³-hybridized carbons (Fsp3) is 0.455. The first kappa shape index (κ1) is 14.1. The number of carboxylic acid groups (broad SMARTS) is 1. The Morgan fingerprint density at radius 2 is 2.29 bits per heavy atom. The zero-order chi connectivity index (χ0) is 13.1. The number of aromatic nitrogens is 1. The summed E-state index contributed by atoms with van der Waals surface area (Å²) in [6.45, 7) is 3.04. The van der Waals surface area contributed by atoms with Gasteiger partial charge in [-0.1, -0.05) is 0 Å². The second-order valence-electron chi connectivity index (χ2n) is 4.26. The topological polar surface area (TPSA) is 59.4 Å². The van der Waals surface area contributed by atoms with Crippen molar-refractivity contribution in [3.8, 4) is 0 Å². The Labute approximate surface area is 107 Å². The van der Waals surface area contributed by atoms with Crippen molar-refractivity contribution < 1.29 is 19.0 Å². The number of halogens is 2. The van der Waals surface area contributed by atoms with Crippen LogP contribution in [0.25, 0.3) is 0 Å². The van der Waals surface area contributed by atoms with E-state index in [4.69, 9.17) is 9.84 Å². The molecule has 0 aliphatic rings. The summed E-state index contributed by atoms with van der Waals surface area (Å²) in [4.78, 5) is 14.6. The molecule has 0 aliphatic heterocycles. The van der Waals surface area contributed by atoms with Gasteiger partial charge < -0.3 is 9.84 Å². The molecule has 0 radical (unpaired) electrons.